The van der Waals surface area contributed by atoms with E-state index in [0.29, 0.717) is 5.56 Å². The molecule has 0 unspecified atom stereocenters. The largest absolute Gasteiger partial charge is 0.350 e. The molecular formula is C16H25N3OS. The Morgan fingerprint density at radius 3 is 2.71 bits per heavy atom. The number of thioether (sulfide) groups is 1. The molecule has 0 saturated carbocycles. The van der Waals surface area contributed by atoms with Gasteiger partial charge < -0.3 is 10.2 Å². The number of aromatic nitrogens is 1. The first-order chi connectivity index (χ1) is 10.1. The summed E-state index contributed by atoms with van der Waals surface area (Å²) in [6.07, 6.45) is 5.72. The molecule has 1 saturated heterocycles. The fourth-order valence-electron chi connectivity index (χ4n) is 2.41. The lowest BCUT2D eigenvalue weighted by Gasteiger charge is -2.25. The van der Waals surface area contributed by atoms with Crippen molar-refractivity contribution < 1.29 is 4.79 Å². The number of pyridine rings is 1. The van der Waals surface area contributed by atoms with Crippen LogP contribution in [0.5, 0.6) is 0 Å². The lowest BCUT2D eigenvalue weighted by Crippen LogP contribution is -2.31. The topological polar surface area (TPSA) is 45.2 Å². The molecule has 1 N–H and O–H groups in total. The van der Waals surface area contributed by atoms with Gasteiger partial charge in [0, 0.05) is 24.5 Å². The Kier molecular flexibility index (Phi) is 6.51. The van der Waals surface area contributed by atoms with E-state index in [-0.39, 0.29) is 11.9 Å². The van der Waals surface area contributed by atoms with Crippen LogP contribution in [0.3, 0.4) is 0 Å². The van der Waals surface area contributed by atoms with E-state index in [0.717, 1.165) is 17.3 Å². The molecule has 4 nitrogen and oxygen atoms in total. The van der Waals surface area contributed by atoms with Crippen LogP contribution < -0.4 is 5.32 Å². The molecule has 1 amide bonds. The predicted molar refractivity (Wildman–Crippen MR) is 87.9 cm³/mol. The molecule has 0 aliphatic carbocycles. The zero-order valence-corrected chi connectivity index (χ0v) is 13.8. The van der Waals surface area contributed by atoms with Crippen LogP contribution in [0, 0.1) is 0 Å². The maximum Gasteiger partial charge on any atom is 0.253 e. The number of amides is 1. The van der Waals surface area contributed by atoms with Crippen LogP contribution in [0.1, 0.15) is 43.5 Å². The van der Waals surface area contributed by atoms with E-state index in [2.05, 4.69) is 15.2 Å². The van der Waals surface area contributed by atoms with Crippen molar-refractivity contribution in [2.45, 2.75) is 44.2 Å². The SMILES string of the molecule is CC(C)NC(=O)c1ccc(SCCN2CCCCC2)nc1. The number of rotatable bonds is 6. The molecule has 0 radical (unpaired) electrons. The minimum atomic E-state index is -0.0534. The fourth-order valence-corrected chi connectivity index (χ4v) is 3.26. The Labute approximate surface area is 131 Å². The number of likely N-dealkylation sites (tertiary alicyclic amines) is 1. The van der Waals surface area contributed by atoms with Gasteiger partial charge in [0.2, 0.25) is 0 Å². The van der Waals surface area contributed by atoms with Crippen LogP contribution in [0.15, 0.2) is 23.4 Å². The summed E-state index contributed by atoms with van der Waals surface area (Å²) in [4.78, 5) is 18.7. The van der Waals surface area contributed by atoms with Gasteiger partial charge in [0.25, 0.3) is 5.91 Å². The van der Waals surface area contributed by atoms with Crippen molar-refractivity contribution in [2.75, 3.05) is 25.4 Å². The molecule has 0 spiro atoms. The standard InChI is InChI=1S/C16H25N3OS/c1-13(2)18-16(20)14-6-7-15(17-12-14)21-11-10-19-8-4-3-5-9-19/h6-7,12-13H,3-5,8-11H2,1-2H3,(H,18,20). The van der Waals surface area contributed by atoms with Gasteiger partial charge in [-0.2, -0.15) is 0 Å². The van der Waals surface area contributed by atoms with Crippen molar-refractivity contribution >= 4 is 17.7 Å². The second-order valence-electron chi connectivity index (χ2n) is 5.76. The highest BCUT2D eigenvalue weighted by Gasteiger charge is 2.10. The van der Waals surface area contributed by atoms with Crippen LogP contribution in [-0.4, -0.2) is 47.2 Å². The summed E-state index contributed by atoms with van der Waals surface area (Å²) in [5.74, 6) is 1.01. The second-order valence-corrected chi connectivity index (χ2v) is 6.88. The average molecular weight is 307 g/mol. The normalized spacial score (nSPS) is 16.1. The Bertz CT molecular complexity index is 441. The number of nitrogens with one attached hydrogen (secondary N) is 1. The highest BCUT2D eigenvalue weighted by atomic mass is 32.2. The maximum absolute atomic E-state index is 11.8. The summed E-state index contributed by atoms with van der Waals surface area (Å²) in [6, 6.07) is 3.94. The number of carbonyl (C=O) groups is 1. The van der Waals surface area contributed by atoms with E-state index in [4.69, 9.17) is 0 Å². The van der Waals surface area contributed by atoms with E-state index in [1.165, 1.54) is 32.4 Å². The molecule has 0 atom stereocenters. The van der Waals surface area contributed by atoms with Crippen molar-refractivity contribution in [3.8, 4) is 0 Å². The third-order valence-electron chi connectivity index (χ3n) is 3.52. The highest BCUT2D eigenvalue weighted by molar-refractivity contribution is 7.99. The van der Waals surface area contributed by atoms with Crippen LogP contribution in [0.4, 0.5) is 0 Å². The average Bonchev–Trinajstić information content (AvgIpc) is 2.48. The molecule has 1 aromatic heterocycles. The molecule has 21 heavy (non-hydrogen) atoms. The van der Waals surface area contributed by atoms with Crippen molar-refractivity contribution in [2.24, 2.45) is 0 Å². The molecule has 2 heterocycles. The number of hydrogen-bond acceptors (Lipinski definition) is 4. The van der Waals surface area contributed by atoms with Gasteiger partial charge in [0.1, 0.15) is 0 Å². The van der Waals surface area contributed by atoms with E-state index in [1.54, 1.807) is 18.0 Å². The second kappa shape index (κ2) is 8.39. The van der Waals surface area contributed by atoms with Crippen LogP contribution in [0.2, 0.25) is 0 Å². The molecular weight excluding hydrogens is 282 g/mol. The summed E-state index contributed by atoms with van der Waals surface area (Å²) in [6.45, 7) is 7.51. The number of hydrogen-bond donors (Lipinski definition) is 1. The molecule has 0 bridgehead atoms. The maximum atomic E-state index is 11.8. The monoisotopic (exact) mass is 307 g/mol. The van der Waals surface area contributed by atoms with Crippen molar-refractivity contribution in [1.29, 1.82) is 0 Å². The Balaban J connectivity index is 1.75. The van der Waals surface area contributed by atoms with Gasteiger partial charge in [-0.15, -0.1) is 11.8 Å². The number of carbonyl (C=O) groups excluding carboxylic acids is 1. The molecule has 1 aliphatic rings. The zero-order chi connectivity index (χ0) is 15.1. The number of nitrogens with zero attached hydrogens (tertiary/aromatic N) is 2. The Hall–Kier alpha value is -1.07. The molecule has 1 aromatic rings. The molecule has 2 rings (SSSR count). The third-order valence-corrected chi connectivity index (χ3v) is 4.45. The van der Waals surface area contributed by atoms with Crippen molar-refractivity contribution in [3.63, 3.8) is 0 Å². The Morgan fingerprint density at radius 1 is 1.33 bits per heavy atom. The van der Waals surface area contributed by atoms with Gasteiger partial charge >= 0.3 is 0 Å². The zero-order valence-electron chi connectivity index (χ0n) is 13.0. The molecule has 1 fully saturated rings. The lowest BCUT2D eigenvalue weighted by molar-refractivity contribution is 0.0942. The molecule has 5 heteroatoms. The summed E-state index contributed by atoms with van der Waals surface area (Å²) in [5, 5.41) is 3.87. The van der Waals surface area contributed by atoms with Crippen LogP contribution in [0.25, 0.3) is 0 Å². The van der Waals surface area contributed by atoms with Crippen molar-refractivity contribution in [1.82, 2.24) is 15.2 Å². The molecule has 1 aliphatic heterocycles. The summed E-state index contributed by atoms with van der Waals surface area (Å²) in [5.41, 5.74) is 0.629. The van der Waals surface area contributed by atoms with Gasteiger partial charge in [-0.25, -0.2) is 4.98 Å². The van der Waals surface area contributed by atoms with Crippen LogP contribution in [-0.2, 0) is 0 Å². The minimum absolute atomic E-state index is 0.0534. The van der Waals surface area contributed by atoms with E-state index < -0.39 is 0 Å². The first-order valence-electron chi connectivity index (χ1n) is 7.77. The smallest absolute Gasteiger partial charge is 0.253 e. The van der Waals surface area contributed by atoms with Gasteiger partial charge in [-0.1, -0.05) is 6.42 Å². The van der Waals surface area contributed by atoms with E-state index >= 15 is 0 Å². The molecule has 0 aromatic carbocycles. The lowest BCUT2D eigenvalue weighted by atomic mass is 10.1. The van der Waals surface area contributed by atoms with Crippen molar-refractivity contribution in [3.05, 3.63) is 23.9 Å². The Morgan fingerprint density at radius 2 is 2.10 bits per heavy atom. The van der Waals surface area contributed by atoms with Gasteiger partial charge in [0.15, 0.2) is 0 Å². The number of piperidine rings is 1. The van der Waals surface area contributed by atoms with Crippen LogP contribution >= 0.6 is 11.8 Å². The summed E-state index contributed by atoms with van der Waals surface area (Å²) >= 11 is 1.76. The predicted octanol–water partition coefficient (Wildman–Crippen LogP) is 2.80. The minimum Gasteiger partial charge on any atom is -0.350 e. The first-order valence-corrected chi connectivity index (χ1v) is 8.76. The van der Waals surface area contributed by atoms with Gasteiger partial charge in [0.05, 0.1) is 10.6 Å². The summed E-state index contributed by atoms with van der Waals surface area (Å²) in [7, 11) is 0. The summed E-state index contributed by atoms with van der Waals surface area (Å²) < 4.78 is 0. The third kappa shape index (κ3) is 5.67. The fraction of sp³-hybridized carbons (Fsp3) is 0.625. The van der Waals surface area contributed by atoms with Gasteiger partial charge in [-0.05, 0) is 51.9 Å². The quantitative estimate of drug-likeness (QED) is 0.821. The molecule has 116 valence electrons. The van der Waals surface area contributed by atoms with Gasteiger partial charge in [-0.3, -0.25) is 4.79 Å². The van der Waals surface area contributed by atoms with E-state index in [9.17, 15) is 4.79 Å². The highest BCUT2D eigenvalue weighted by Crippen LogP contribution is 2.17. The first kappa shape index (κ1) is 16.3. The van der Waals surface area contributed by atoms with E-state index in [1.807, 2.05) is 26.0 Å².